The second kappa shape index (κ2) is 12.0. The zero-order chi connectivity index (χ0) is 34.1. The number of amides is 1. The first-order valence-electron chi connectivity index (χ1n) is 16.8. The molecule has 14 nitrogen and oxygen atoms in total. The minimum atomic E-state index is -4.18. The van der Waals surface area contributed by atoms with E-state index in [0.717, 1.165) is 19.3 Å². The molecular weight excluding hydrogens is 630 g/mol. The molecule has 11 atom stereocenters. The molecule has 4 saturated carbocycles. The van der Waals surface area contributed by atoms with E-state index in [0.29, 0.717) is 43.2 Å². The number of carbonyl (C=O) groups excluding carboxylic acids is 1. The maximum Gasteiger partial charge on any atom is 0.276 e. The molecule has 1 aromatic carbocycles. The molecule has 0 radical (unpaired) electrons. The number of nitrogens with two attached hydrogens (primary N) is 1. The normalized spacial score (nSPS) is 39.1. The van der Waals surface area contributed by atoms with Gasteiger partial charge < -0.3 is 21.3 Å². The number of rotatable bonds is 9. The number of nitrogens with zero attached hydrogens (tertiary/aromatic N) is 3. The van der Waals surface area contributed by atoms with E-state index < -0.39 is 44.0 Å². The van der Waals surface area contributed by atoms with E-state index >= 15 is 0 Å². The van der Waals surface area contributed by atoms with Gasteiger partial charge in [-0.05, 0) is 114 Å². The number of carbonyl (C=O) groups is 1. The van der Waals surface area contributed by atoms with Crippen molar-refractivity contribution in [1.82, 2.24) is 15.6 Å². The molecule has 1 aromatic heterocycles. The van der Waals surface area contributed by atoms with Crippen LogP contribution in [-0.2, 0) is 20.5 Å². The predicted octanol–water partition coefficient (Wildman–Crippen LogP) is 3.31. The van der Waals surface area contributed by atoms with E-state index in [2.05, 4.69) is 36.4 Å². The van der Waals surface area contributed by atoms with Gasteiger partial charge in [-0.1, -0.05) is 20.8 Å². The molecule has 47 heavy (non-hydrogen) atoms. The van der Waals surface area contributed by atoms with Gasteiger partial charge >= 0.3 is 0 Å². The van der Waals surface area contributed by atoms with Crippen molar-refractivity contribution in [3.63, 3.8) is 0 Å². The van der Waals surface area contributed by atoms with Gasteiger partial charge in [0.1, 0.15) is 11.0 Å². The lowest BCUT2D eigenvalue weighted by Gasteiger charge is -2.67. The number of fused-ring (bicyclic) bond motifs is 6. The van der Waals surface area contributed by atoms with Crippen molar-refractivity contribution in [2.75, 3.05) is 12.3 Å². The Balaban J connectivity index is 1.37. The fourth-order valence-electron chi connectivity index (χ4n) is 11.0. The number of aliphatic hydroxyl groups is 2. The average Bonchev–Trinajstić information content (AvgIpc) is 3.61. The molecule has 1 amide bonds. The molecule has 4 aliphatic carbocycles. The summed E-state index contributed by atoms with van der Waals surface area (Å²) in [6, 6.07) is 2.94. The van der Waals surface area contributed by atoms with Gasteiger partial charge in [0.2, 0.25) is 5.91 Å². The highest BCUT2D eigenvalue weighted by atomic mass is 32.2. The van der Waals surface area contributed by atoms with Crippen LogP contribution >= 0.6 is 0 Å². The van der Waals surface area contributed by atoms with Crippen LogP contribution in [0.3, 0.4) is 0 Å². The van der Waals surface area contributed by atoms with Gasteiger partial charge in [-0.2, -0.15) is 8.42 Å². The fourth-order valence-corrected chi connectivity index (χ4v) is 11.3. The van der Waals surface area contributed by atoms with Gasteiger partial charge in [0.05, 0.1) is 34.0 Å². The molecule has 2 aromatic rings. The minimum Gasteiger partial charge on any atom is -0.393 e. The Kier molecular flexibility index (Phi) is 8.72. The van der Waals surface area contributed by atoms with Gasteiger partial charge in [0.25, 0.3) is 15.8 Å². The third-order valence-electron chi connectivity index (χ3n) is 13.2. The van der Waals surface area contributed by atoms with Gasteiger partial charge in [0, 0.05) is 19.0 Å². The summed E-state index contributed by atoms with van der Waals surface area (Å²) in [5, 5.41) is 46.2. The third-order valence-corrected chi connectivity index (χ3v) is 14.0. The number of nitrogens with one attached hydrogen (secondary N) is 1. The van der Waals surface area contributed by atoms with E-state index in [4.69, 9.17) is 14.9 Å². The van der Waals surface area contributed by atoms with E-state index in [-0.39, 0.29) is 71.0 Å². The Morgan fingerprint density at radius 3 is 2.64 bits per heavy atom. The monoisotopic (exact) mass is 677 g/mol. The standard InChI is InChI=1S/C32H47N5O9S/c1-17(4-9-26(40)34-12-13-47(43,44)45)20-5-6-21-27-22(15-25(39)31(20,21)3)30(2)11-10-19(38)14-18(30)16-32(27,33)28-24(37(41)42)8-7-23-29(28)36-46-35-23/h7-8,17-22,25,27,38-39H,4-6,9-16,33H2,1-3H3,(H,34,40)(H,43,44,45)/t17-,18?,19-,20-,21?,22?,25+,27?,30+,31-,32?/m1/s1. The lowest BCUT2D eigenvalue weighted by atomic mass is 9.39. The number of nitro groups is 1. The van der Waals surface area contributed by atoms with Crippen LogP contribution in [0.5, 0.6) is 0 Å². The fraction of sp³-hybridized carbons (Fsp3) is 0.781. The number of hydrogen-bond acceptors (Lipinski definition) is 11. The zero-order valence-electron chi connectivity index (χ0n) is 27.2. The molecule has 0 bridgehead atoms. The van der Waals surface area contributed by atoms with E-state index in [1.807, 2.05) is 0 Å². The van der Waals surface area contributed by atoms with Crippen molar-refractivity contribution in [2.45, 2.75) is 96.3 Å². The van der Waals surface area contributed by atoms with Crippen molar-refractivity contribution in [3.05, 3.63) is 27.8 Å². The summed E-state index contributed by atoms with van der Waals surface area (Å²) in [7, 11) is -4.18. The molecule has 0 aliphatic heterocycles. The molecule has 4 aliphatic rings. The summed E-state index contributed by atoms with van der Waals surface area (Å²) in [5.41, 5.74) is 6.48. The first kappa shape index (κ1) is 34.2. The van der Waals surface area contributed by atoms with Crippen LogP contribution in [0.4, 0.5) is 5.69 Å². The first-order valence-corrected chi connectivity index (χ1v) is 18.4. The molecule has 6 rings (SSSR count). The highest BCUT2D eigenvalue weighted by molar-refractivity contribution is 7.85. The molecule has 0 saturated heterocycles. The second-order valence-electron chi connectivity index (χ2n) is 15.4. The van der Waals surface area contributed by atoms with E-state index in [1.54, 1.807) is 0 Å². The first-order chi connectivity index (χ1) is 22.0. The van der Waals surface area contributed by atoms with Crippen LogP contribution in [0, 0.1) is 56.5 Å². The molecule has 260 valence electrons. The number of aliphatic hydroxyl groups excluding tert-OH is 2. The smallest absolute Gasteiger partial charge is 0.276 e. The van der Waals surface area contributed by atoms with Crippen molar-refractivity contribution >= 4 is 32.7 Å². The van der Waals surface area contributed by atoms with Crippen molar-refractivity contribution < 1.29 is 37.5 Å². The minimum absolute atomic E-state index is 0.0285. The van der Waals surface area contributed by atoms with Gasteiger partial charge in [-0.25, -0.2) is 4.63 Å². The highest BCUT2D eigenvalue weighted by Crippen LogP contribution is 2.72. The third kappa shape index (κ3) is 5.65. The Labute approximate surface area is 274 Å². The zero-order valence-corrected chi connectivity index (χ0v) is 28.0. The van der Waals surface area contributed by atoms with Crippen molar-refractivity contribution in [3.8, 4) is 0 Å². The summed E-state index contributed by atoms with van der Waals surface area (Å²) in [6.07, 6.45) is 3.93. The Morgan fingerprint density at radius 2 is 1.94 bits per heavy atom. The molecule has 4 fully saturated rings. The average molecular weight is 678 g/mol. The van der Waals surface area contributed by atoms with Gasteiger partial charge in [-0.15, -0.1) is 0 Å². The van der Waals surface area contributed by atoms with Gasteiger partial charge in [-0.3, -0.25) is 19.5 Å². The summed E-state index contributed by atoms with van der Waals surface area (Å²) in [4.78, 5) is 24.7. The number of aromatic nitrogens is 2. The maximum atomic E-state index is 12.6. The maximum absolute atomic E-state index is 12.6. The van der Waals surface area contributed by atoms with Crippen LogP contribution in [0.1, 0.15) is 84.1 Å². The Hall–Kier alpha value is -2.72. The van der Waals surface area contributed by atoms with Crippen LogP contribution < -0.4 is 11.1 Å². The summed E-state index contributed by atoms with van der Waals surface area (Å²) in [5.74, 6) is -1.21. The summed E-state index contributed by atoms with van der Waals surface area (Å²) >= 11 is 0. The lowest BCUT2D eigenvalue weighted by molar-refractivity contribution is -0.386. The van der Waals surface area contributed by atoms with Crippen LogP contribution in [-0.4, -0.2) is 68.8 Å². The SMILES string of the molecule is C[C@H](CCC(=O)NCCS(=O)(=O)O)[C@H]1CCC2C3C(C[C@H](O)[C@@]21C)[C@@]1(C)CC[C@@H](O)CC1CC3(N)c1c([N+](=O)[O-])ccc2nonc12. The molecular formula is C32H47N5O9S. The summed E-state index contributed by atoms with van der Waals surface area (Å²) in [6.45, 7) is 6.27. The van der Waals surface area contributed by atoms with Crippen LogP contribution in [0.25, 0.3) is 11.0 Å². The molecule has 1 heterocycles. The quantitative estimate of drug-likeness (QED) is 0.146. The van der Waals surface area contributed by atoms with Crippen LogP contribution in [0.15, 0.2) is 16.8 Å². The molecule has 5 unspecified atom stereocenters. The molecule has 0 spiro atoms. The number of nitro benzene ring substituents is 1. The largest absolute Gasteiger partial charge is 0.393 e. The Morgan fingerprint density at radius 1 is 1.19 bits per heavy atom. The summed E-state index contributed by atoms with van der Waals surface area (Å²) < 4.78 is 36.1. The van der Waals surface area contributed by atoms with Crippen LogP contribution in [0.2, 0.25) is 0 Å². The Bertz CT molecular complexity index is 1650. The number of hydrogen-bond donors (Lipinski definition) is 5. The van der Waals surface area contributed by atoms with E-state index in [1.165, 1.54) is 12.1 Å². The van der Waals surface area contributed by atoms with Crippen molar-refractivity contribution in [2.24, 2.45) is 52.1 Å². The predicted molar refractivity (Wildman–Crippen MR) is 170 cm³/mol. The lowest BCUT2D eigenvalue weighted by Crippen LogP contribution is -2.67. The van der Waals surface area contributed by atoms with E-state index in [9.17, 15) is 33.5 Å². The second-order valence-corrected chi connectivity index (χ2v) is 17.0. The highest BCUT2D eigenvalue weighted by Gasteiger charge is 2.69. The van der Waals surface area contributed by atoms with Gasteiger partial charge in [0.15, 0.2) is 0 Å². The number of benzene rings is 1. The van der Waals surface area contributed by atoms with Crippen molar-refractivity contribution in [1.29, 1.82) is 0 Å². The molecule has 15 heteroatoms. The molecule has 6 N–H and O–H groups in total. The topological polar surface area (TPSA) is 232 Å².